The van der Waals surface area contributed by atoms with Crippen molar-refractivity contribution in [3.05, 3.63) is 125 Å². The van der Waals surface area contributed by atoms with Gasteiger partial charge in [-0.1, -0.05) is 78.3 Å². The van der Waals surface area contributed by atoms with E-state index >= 15 is 0 Å². The Morgan fingerprint density at radius 3 is 2.35 bits per heavy atom. The molecule has 0 saturated carbocycles. The monoisotopic (exact) mass is 467 g/mol. The summed E-state index contributed by atoms with van der Waals surface area (Å²) >= 11 is 6.26. The van der Waals surface area contributed by atoms with Gasteiger partial charge in [0.15, 0.2) is 0 Å². The number of amides is 2. The zero-order valence-corrected chi connectivity index (χ0v) is 19.1. The molecule has 34 heavy (non-hydrogen) atoms. The summed E-state index contributed by atoms with van der Waals surface area (Å²) < 4.78 is 0. The van der Waals surface area contributed by atoms with Gasteiger partial charge in [0.1, 0.15) is 6.04 Å². The van der Waals surface area contributed by atoms with E-state index < -0.39 is 6.04 Å². The Kier molecular flexibility index (Phi) is 6.11. The average molecular weight is 468 g/mol. The number of halogens is 1. The number of pyridine rings is 1. The smallest absolute Gasteiger partial charge is 0.255 e. The molecule has 0 saturated heterocycles. The first kappa shape index (κ1) is 21.9. The van der Waals surface area contributed by atoms with Crippen molar-refractivity contribution in [1.29, 1.82) is 0 Å². The predicted molar refractivity (Wildman–Crippen MR) is 132 cm³/mol. The lowest BCUT2D eigenvalue weighted by Crippen LogP contribution is -2.38. The van der Waals surface area contributed by atoms with Crippen molar-refractivity contribution in [3.8, 4) is 11.1 Å². The van der Waals surface area contributed by atoms with E-state index in [2.05, 4.69) is 10.3 Å². The zero-order valence-electron chi connectivity index (χ0n) is 18.3. The third-order valence-corrected chi connectivity index (χ3v) is 6.42. The molecule has 3 aromatic carbocycles. The molecule has 0 fully saturated rings. The van der Waals surface area contributed by atoms with Crippen LogP contribution in [0.2, 0.25) is 5.02 Å². The Hall–Kier alpha value is -3.96. The van der Waals surface area contributed by atoms with Crippen molar-refractivity contribution in [3.63, 3.8) is 0 Å². The van der Waals surface area contributed by atoms with Gasteiger partial charge in [0.05, 0.1) is 0 Å². The van der Waals surface area contributed by atoms with Gasteiger partial charge in [-0.3, -0.25) is 14.6 Å². The molecular formula is C28H22ClN3O2. The third-order valence-electron chi connectivity index (χ3n) is 6.05. The molecule has 1 N–H and O–H groups in total. The third kappa shape index (κ3) is 4.18. The van der Waals surface area contributed by atoms with E-state index in [1.165, 1.54) is 0 Å². The first-order valence-electron chi connectivity index (χ1n) is 11.0. The van der Waals surface area contributed by atoms with Crippen LogP contribution in [0.3, 0.4) is 0 Å². The van der Waals surface area contributed by atoms with E-state index in [1.807, 2.05) is 72.8 Å². The first-order valence-corrected chi connectivity index (χ1v) is 11.4. The van der Waals surface area contributed by atoms with Crippen molar-refractivity contribution in [2.24, 2.45) is 0 Å². The summed E-state index contributed by atoms with van der Waals surface area (Å²) in [5, 5.41) is 3.57. The van der Waals surface area contributed by atoms with Crippen molar-refractivity contribution < 1.29 is 9.59 Å². The second-order valence-electron chi connectivity index (χ2n) is 8.13. The number of carbonyl (C=O) groups excluding carboxylic acids is 2. The Bertz CT molecular complexity index is 1360. The first-order chi connectivity index (χ1) is 16.6. The highest BCUT2D eigenvalue weighted by Crippen LogP contribution is 2.36. The van der Waals surface area contributed by atoms with E-state index in [4.69, 9.17) is 11.6 Å². The topological polar surface area (TPSA) is 62.3 Å². The molecular weight excluding hydrogens is 446 g/mol. The highest BCUT2D eigenvalue weighted by molar-refractivity contribution is 6.31. The summed E-state index contributed by atoms with van der Waals surface area (Å²) in [6, 6.07) is 25.7. The Balaban J connectivity index is 1.46. The largest absolute Gasteiger partial charge is 0.350 e. The van der Waals surface area contributed by atoms with E-state index in [0.29, 0.717) is 22.7 Å². The van der Waals surface area contributed by atoms with Gasteiger partial charge in [-0.05, 0) is 40.5 Å². The lowest BCUT2D eigenvalue weighted by molar-refractivity contribution is -0.125. The maximum absolute atomic E-state index is 13.4. The molecule has 0 bridgehead atoms. The number of hydrogen-bond acceptors (Lipinski definition) is 3. The van der Waals surface area contributed by atoms with E-state index in [1.54, 1.807) is 29.4 Å². The van der Waals surface area contributed by atoms with Gasteiger partial charge in [-0.15, -0.1) is 0 Å². The molecule has 1 aliphatic rings. The van der Waals surface area contributed by atoms with Gasteiger partial charge in [0, 0.05) is 41.6 Å². The molecule has 4 aromatic rings. The van der Waals surface area contributed by atoms with Crippen molar-refractivity contribution >= 4 is 23.4 Å². The highest BCUT2D eigenvalue weighted by Gasteiger charge is 2.41. The molecule has 0 radical (unpaired) electrons. The second-order valence-corrected chi connectivity index (χ2v) is 8.54. The normalized spacial score (nSPS) is 14.7. The summed E-state index contributed by atoms with van der Waals surface area (Å²) in [7, 11) is 0. The quantitative estimate of drug-likeness (QED) is 0.412. The number of aromatic nitrogens is 1. The minimum atomic E-state index is -0.729. The molecule has 6 heteroatoms. The van der Waals surface area contributed by atoms with Crippen LogP contribution in [0.4, 0.5) is 0 Å². The second kappa shape index (κ2) is 9.49. The number of carbonyl (C=O) groups is 2. The zero-order chi connectivity index (χ0) is 23.5. The molecule has 0 aliphatic carbocycles. The summed E-state index contributed by atoms with van der Waals surface area (Å²) in [5.41, 5.74) is 4.97. The highest BCUT2D eigenvalue weighted by atomic mass is 35.5. The fourth-order valence-corrected chi connectivity index (χ4v) is 4.58. The maximum atomic E-state index is 13.4. The Morgan fingerprint density at radius 2 is 1.59 bits per heavy atom. The lowest BCUT2D eigenvalue weighted by Gasteiger charge is -2.26. The summed E-state index contributed by atoms with van der Waals surface area (Å²) in [6.45, 7) is 0.578. The number of fused-ring (bicyclic) bond motifs is 1. The minimum absolute atomic E-state index is 0.158. The number of benzene rings is 3. The van der Waals surface area contributed by atoms with Gasteiger partial charge in [0.25, 0.3) is 5.91 Å². The van der Waals surface area contributed by atoms with E-state index in [0.717, 1.165) is 22.3 Å². The van der Waals surface area contributed by atoms with Gasteiger partial charge in [-0.2, -0.15) is 0 Å². The molecule has 1 aromatic heterocycles. The summed E-state index contributed by atoms with van der Waals surface area (Å²) in [6.07, 6.45) is 3.53. The van der Waals surface area contributed by atoms with Crippen LogP contribution in [0.25, 0.3) is 11.1 Å². The van der Waals surface area contributed by atoms with Crippen LogP contribution in [-0.2, 0) is 17.9 Å². The van der Waals surface area contributed by atoms with Crippen LogP contribution in [0.5, 0.6) is 0 Å². The minimum Gasteiger partial charge on any atom is -0.350 e. The molecule has 5 rings (SSSR count). The average Bonchev–Trinajstić information content (AvgIpc) is 3.16. The van der Waals surface area contributed by atoms with Crippen LogP contribution in [0.1, 0.15) is 33.1 Å². The van der Waals surface area contributed by atoms with Crippen LogP contribution >= 0.6 is 11.6 Å². The van der Waals surface area contributed by atoms with Crippen molar-refractivity contribution in [2.75, 3.05) is 0 Å². The fourth-order valence-electron chi connectivity index (χ4n) is 4.38. The number of rotatable bonds is 6. The molecule has 0 spiro atoms. The predicted octanol–water partition coefficient (Wildman–Crippen LogP) is 5.42. The SMILES string of the molecule is O=C(NCc1ccccc1Cl)C1c2ccccc2C(=O)N1Cc1ccccc1-c1cccnc1. The number of hydrogen-bond donors (Lipinski definition) is 1. The maximum Gasteiger partial charge on any atom is 0.255 e. The van der Waals surface area contributed by atoms with E-state index in [-0.39, 0.29) is 18.4 Å². The van der Waals surface area contributed by atoms with Gasteiger partial charge in [0.2, 0.25) is 5.91 Å². The molecule has 1 aliphatic heterocycles. The van der Waals surface area contributed by atoms with Crippen molar-refractivity contribution in [1.82, 2.24) is 15.2 Å². The van der Waals surface area contributed by atoms with Crippen LogP contribution in [0, 0.1) is 0 Å². The molecule has 1 unspecified atom stereocenters. The molecule has 2 heterocycles. The molecule has 1 atom stereocenters. The Labute approximate surface area is 203 Å². The number of nitrogens with one attached hydrogen (secondary N) is 1. The van der Waals surface area contributed by atoms with Gasteiger partial charge < -0.3 is 10.2 Å². The molecule has 2 amide bonds. The fraction of sp³-hybridized carbons (Fsp3) is 0.107. The van der Waals surface area contributed by atoms with Gasteiger partial charge >= 0.3 is 0 Å². The van der Waals surface area contributed by atoms with Crippen molar-refractivity contribution in [2.45, 2.75) is 19.1 Å². The summed E-state index contributed by atoms with van der Waals surface area (Å²) in [4.78, 5) is 32.7. The standard InChI is InChI=1S/C28H22ClN3O2/c29-25-14-6-2-8-20(25)17-31-27(33)26-23-12-4-5-13-24(23)28(34)32(26)18-21-9-1-3-11-22(21)19-10-7-15-30-16-19/h1-16,26H,17-18H2,(H,31,33). The Morgan fingerprint density at radius 1 is 0.882 bits per heavy atom. The van der Waals surface area contributed by atoms with Crippen LogP contribution in [0.15, 0.2) is 97.3 Å². The number of nitrogens with zero attached hydrogens (tertiary/aromatic N) is 2. The van der Waals surface area contributed by atoms with Crippen LogP contribution in [-0.4, -0.2) is 21.7 Å². The van der Waals surface area contributed by atoms with Gasteiger partial charge in [-0.25, -0.2) is 0 Å². The molecule has 168 valence electrons. The van der Waals surface area contributed by atoms with Crippen LogP contribution < -0.4 is 5.32 Å². The summed E-state index contributed by atoms with van der Waals surface area (Å²) in [5.74, 6) is -0.397. The lowest BCUT2D eigenvalue weighted by atomic mass is 10.00. The molecule has 5 nitrogen and oxygen atoms in total. The van der Waals surface area contributed by atoms with E-state index in [9.17, 15) is 9.59 Å².